The lowest BCUT2D eigenvalue weighted by Crippen LogP contribution is -2.16. The van der Waals surface area contributed by atoms with Crippen molar-refractivity contribution < 1.29 is 28.7 Å². The molecule has 1 amide bonds. The number of rotatable bonds is 9. The van der Waals surface area contributed by atoms with E-state index in [9.17, 15) is 19.7 Å². The second kappa shape index (κ2) is 9.88. The Kier molecular flexibility index (Phi) is 7.30. The molecule has 152 valence electrons. The third kappa shape index (κ3) is 5.80. The molecule has 0 aliphatic rings. The lowest BCUT2D eigenvalue weighted by Gasteiger charge is -2.11. The number of nitrogens with zero attached hydrogens (tertiary/aromatic N) is 1. The van der Waals surface area contributed by atoms with Gasteiger partial charge in [-0.1, -0.05) is 18.2 Å². The van der Waals surface area contributed by atoms with Crippen LogP contribution in [0, 0.1) is 10.1 Å². The van der Waals surface area contributed by atoms with Gasteiger partial charge in [0, 0.05) is 11.6 Å². The average molecular weight is 400 g/mol. The van der Waals surface area contributed by atoms with E-state index < -0.39 is 23.4 Å². The Labute approximate surface area is 166 Å². The van der Waals surface area contributed by atoms with Gasteiger partial charge in [0.05, 0.1) is 17.6 Å². The molecule has 0 aliphatic carbocycles. The highest BCUT2D eigenvalue weighted by molar-refractivity contribution is 5.93. The highest BCUT2D eigenvalue weighted by atomic mass is 16.6. The lowest BCUT2D eigenvalue weighted by atomic mass is 10.1. The van der Waals surface area contributed by atoms with E-state index in [0.717, 1.165) is 11.6 Å². The quantitative estimate of drug-likeness (QED) is 0.389. The van der Waals surface area contributed by atoms with Crippen LogP contribution < -0.4 is 15.2 Å². The van der Waals surface area contributed by atoms with Crippen LogP contribution in [0.5, 0.6) is 11.5 Å². The molecule has 9 nitrogen and oxygen atoms in total. The summed E-state index contributed by atoms with van der Waals surface area (Å²) in [4.78, 5) is 33.6. The molecule has 2 N–H and O–H groups in total. The van der Waals surface area contributed by atoms with E-state index in [1.54, 1.807) is 18.2 Å². The van der Waals surface area contributed by atoms with Crippen molar-refractivity contribution in [1.29, 1.82) is 0 Å². The molecule has 0 spiro atoms. The first-order valence-corrected chi connectivity index (χ1v) is 8.52. The lowest BCUT2D eigenvalue weighted by molar-refractivity contribution is -0.385. The van der Waals surface area contributed by atoms with Gasteiger partial charge < -0.3 is 19.9 Å². The number of amides is 1. The summed E-state index contributed by atoms with van der Waals surface area (Å²) >= 11 is 0. The van der Waals surface area contributed by atoms with Crippen molar-refractivity contribution in [3.8, 4) is 11.5 Å². The number of hydrogen-bond acceptors (Lipinski definition) is 7. The summed E-state index contributed by atoms with van der Waals surface area (Å²) in [5.41, 5.74) is 5.78. The molecule has 29 heavy (non-hydrogen) atoms. The topological polar surface area (TPSA) is 131 Å². The minimum Gasteiger partial charge on any atom is -0.493 e. The van der Waals surface area contributed by atoms with Crippen molar-refractivity contribution in [2.24, 2.45) is 5.73 Å². The number of nitro groups is 1. The van der Waals surface area contributed by atoms with E-state index >= 15 is 0 Å². The van der Waals surface area contributed by atoms with E-state index in [1.165, 1.54) is 19.2 Å². The second-order valence-electron chi connectivity index (χ2n) is 5.82. The Morgan fingerprint density at radius 2 is 1.93 bits per heavy atom. The van der Waals surface area contributed by atoms with Gasteiger partial charge in [-0.05, 0) is 36.8 Å². The smallest absolute Gasteiger partial charge is 0.344 e. The first kappa shape index (κ1) is 21.4. The fourth-order valence-electron chi connectivity index (χ4n) is 2.45. The number of nitro benzene ring substituents is 1. The zero-order valence-corrected chi connectivity index (χ0v) is 15.9. The zero-order chi connectivity index (χ0) is 21.4. The number of esters is 1. The molecule has 0 heterocycles. The van der Waals surface area contributed by atoms with Crippen molar-refractivity contribution >= 4 is 23.6 Å². The van der Waals surface area contributed by atoms with Gasteiger partial charge in [0.15, 0.2) is 18.1 Å². The molecule has 2 rings (SSSR count). The highest BCUT2D eigenvalue weighted by Crippen LogP contribution is 2.28. The minimum atomic E-state index is -0.792. The summed E-state index contributed by atoms with van der Waals surface area (Å²) in [6, 6.07) is 8.90. The average Bonchev–Trinajstić information content (AvgIpc) is 2.71. The number of ether oxygens (including phenoxy) is 3. The Morgan fingerprint density at radius 1 is 1.17 bits per heavy atom. The molecule has 0 saturated heterocycles. The summed E-state index contributed by atoms with van der Waals surface area (Å²) < 4.78 is 15.7. The maximum absolute atomic E-state index is 12.0. The fourth-order valence-corrected chi connectivity index (χ4v) is 2.45. The van der Waals surface area contributed by atoms with Crippen molar-refractivity contribution in [2.45, 2.75) is 13.5 Å². The van der Waals surface area contributed by atoms with E-state index in [1.807, 2.05) is 19.1 Å². The predicted molar refractivity (Wildman–Crippen MR) is 105 cm³/mol. The van der Waals surface area contributed by atoms with Gasteiger partial charge in [-0.3, -0.25) is 14.9 Å². The zero-order valence-electron chi connectivity index (χ0n) is 15.9. The summed E-state index contributed by atoms with van der Waals surface area (Å²) in [6.07, 6.45) is 3.76. The van der Waals surface area contributed by atoms with Crippen LogP contribution in [0.2, 0.25) is 0 Å². The molecule has 0 saturated carbocycles. The Bertz CT molecular complexity index is 954. The molecule has 0 unspecified atom stereocenters. The number of benzene rings is 2. The molecule has 9 heteroatoms. The van der Waals surface area contributed by atoms with Crippen molar-refractivity contribution in [3.05, 3.63) is 69.3 Å². The Balaban J connectivity index is 2.00. The van der Waals surface area contributed by atoms with Gasteiger partial charge in [-0.15, -0.1) is 0 Å². The first-order chi connectivity index (χ1) is 13.8. The van der Waals surface area contributed by atoms with Crippen molar-refractivity contribution in [2.75, 3.05) is 13.7 Å². The largest absolute Gasteiger partial charge is 0.493 e. The first-order valence-electron chi connectivity index (χ1n) is 8.52. The van der Waals surface area contributed by atoms with Crippen molar-refractivity contribution in [3.63, 3.8) is 0 Å². The number of hydrogen-bond donors (Lipinski definition) is 1. The van der Waals surface area contributed by atoms with Gasteiger partial charge in [-0.2, -0.15) is 0 Å². The van der Waals surface area contributed by atoms with Crippen LogP contribution in [0.4, 0.5) is 5.69 Å². The van der Waals surface area contributed by atoms with Crippen LogP contribution in [0.3, 0.4) is 0 Å². The number of carbonyl (C=O) groups excluding carboxylic acids is 2. The Hall–Kier alpha value is -3.88. The van der Waals surface area contributed by atoms with Crippen LogP contribution in [0.25, 0.3) is 6.08 Å². The van der Waals surface area contributed by atoms with Crippen LogP contribution in [0.15, 0.2) is 42.5 Å². The van der Waals surface area contributed by atoms with Gasteiger partial charge in [-0.25, -0.2) is 4.79 Å². The minimum absolute atomic E-state index is 0.0106. The molecule has 2 aromatic rings. The molecule has 0 aromatic heterocycles. The maximum atomic E-state index is 12.0. The van der Waals surface area contributed by atoms with E-state index in [2.05, 4.69) is 0 Å². The number of nitrogens with two attached hydrogens (primary N) is 1. The highest BCUT2D eigenvalue weighted by Gasteiger charge is 2.18. The number of methoxy groups -OCH3 is 1. The summed E-state index contributed by atoms with van der Waals surface area (Å²) in [7, 11) is 1.48. The third-order valence-corrected chi connectivity index (χ3v) is 3.85. The molecule has 2 aromatic carbocycles. The fraction of sp³-hybridized carbons (Fsp3) is 0.200. The SMILES string of the molecule is C/C=C/c1ccc(OCC(=O)OCc2ccc(C(N)=O)cc2[N+](=O)[O-])c(OC)c1. The molecule has 0 atom stereocenters. The van der Waals surface area contributed by atoms with E-state index in [0.29, 0.717) is 11.5 Å². The third-order valence-electron chi connectivity index (χ3n) is 3.85. The number of carbonyl (C=O) groups is 2. The van der Waals surface area contributed by atoms with Crippen LogP contribution >= 0.6 is 0 Å². The van der Waals surface area contributed by atoms with Crippen molar-refractivity contribution in [1.82, 2.24) is 0 Å². The summed E-state index contributed by atoms with van der Waals surface area (Å²) in [5.74, 6) is -0.710. The number of primary amides is 1. The summed E-state index contributed by atoms with van der Waals surface area (Å²) in [5, 5.41) is 11.2. The van der Waals surface area contributed by atoms with Gasteiger partial charge in [0.25, 0.3) is 5.69 Å². The van der Waals surface area contributed by atoms with E-state index in [4.69, 9.17) is 19.9 Å². The molecule has 0 bridgehead atoms. The van der Waals surface area contributed by atoms with Crippen LogP contribution in [-0.4, -0.2) is 30.5 Å². The van der Waals surface area contributed by atoms with Crippen LogP contribution in [0.1, 0.15) is 28.4 Å². The summed E-state index contributed by atoms with van der Waals surface area (Å²) in [6.45, 7) is 1.13. The molecular weight excluding hydrogens is 380 g/mol. The Morgan fingerprint density at radius 3 is 2.55 bits per heavy atom. The molecule has 0 aliphatic heterocycles. The second-order valence-corrected chi connectivity index (χ2v) is 5.82. The normalized spacial score (nSPS) is 10.6. The van der Waals surface area contributed by atoms with E-state index in [-0.39, 0.29) is 23.4 Å². The van der Waals surface area contributed by atoms with Gasteiger partial charge in [0.1, 0.15) is 6.61 Å². The molecular formula is C20H20N2O7. The number of allylic oxidation sites excluding steroid dienone is 1. The standard InChI is InChI=1S/C20H20N2O7/c1-3-4-13-5-8-17(18(9-13)27-2)28-12-19(23)29-11-15-7-6-14(20(21)24)10-16(15)22(25)26/h3-10H,11-12H2,1-2H3,(H2,21,24)/b4-3+. The maximum Gasteiger partial charge on any atom is 0.344 e. The monoisotopic (exact) mass is 400 g/mol. The van der Waals surface area contributed by atoms with Gasteiger partial charge >= 0.3 is 5.97 Å². The predicted octanol–water partition coefficient (Wildman–Crippen LogP) is 2.86. The van der Waals surface area contributed by atoms with Gasteiger partial charge in [0.2, 0.25) is 5.91 Å². The molecule has 0 radical (unpaired) electrons. The van der Waals surface area contributed by atoms with Crippen LogP contribution in [-0.2, 0) is 16.1 Å². The molecule has 0 fully saturated rings.